The molecule has 0 spiro atoms. The number of unbranched alkanes of at least 4 members (excludes halogenated alkanes) is 8. The van der Waals surface area contributed by atoms with Crippen LogP contribution < -0.4 is 9.47 Å². The number of likely N-dealkylation sites (N-methyl/N-ethyl adjacent to an activating group) is 1. The van der Waals surface area contributed by atoms with Gasteiger partial charge in [0.2, 0.25) is 0 Å². The van der Waals surface area contributed by atoms with Gasteiger partial charge in [0.25, 0.3) is 0 Å². The van der Waals surface area contributed by atoms with E-state index in [2.05, 4.69) is 24.9 Å². The highest BCUT2D eigenvalue weighted by Crippen LogP contribution is 2.26. The number of esters is 1. The van der Waals surface area contributed by atoms with Crippen molar-refractivity contribution in [3.05, 3.63) is 59.4 Å². The van der Waals surface area contributed by atoms with Crippen molar-refractivity contribution in [2.45, 2.75) is 109 Å². The van der Waals surface area contributed by atoms with E-state index in [1.54, 1.807) is 19.2 Å². The molecule has 2 unspecified atom stereocenters. The maximum Gasteiger partial charge on any atom is 0.306 e. The number of rotatable bonds is 19. The molecule has 2 aromatic carbocycles. The Morgan fingerprint density at radius 3 is 2.48 bits per heavy atom. The number of methoxy groups -OCH3 is 1. The van der Waals surface area contributed by atoms with Crippen LogP contribution in [-0.4, -0.2) is 50.3 Å². The first-order chi connectivity index (χ1) is 19.5. The number of halogens is 1. The summed E-state index contributed by atoms with van der Waals surface area (Å²) in [5, 5.41) is 0. The van der Waals surface area contributed by atoms with Crippen LogP contribution in [0.4, 0.5) is 4.39 Å². The van der Waals surface area contributed by atoms with Crippen LogP contribution in [0.2, 0.25) is 0 Å². The number of carbonyl (C=O) groups is 1. The Morgan fingerprint density at radius 1 is 0.975 bits per heavy atom. The quantitative estimate of drug-likeness (QED) is 0.130. The highest BCUT2D eigenvalue weighted by molar-refractivity contribution is 5.69. The lowest BCUT2D eigenvalue weighted by atomic mass is 10.0. The van der Waals surface area contributed by atoms with Gasteiger partial charge in [-0.05, 0) is 74.2 Å². The van der Waals surface area contributed by atoms with Gasteiger partial charge >= 0.3 is 5.97 Å². The summed E-state index contributed by atoms with van der Waals surface area (Å²) in [6.07, 6.45) is 14.7. The monoisotopic (exact) mass is 555 g/mol. The molecule has 222 valence electrons. The van der Waals surface area contributed by atoms with E-state index in [-0.39, 0.29) is 17.9 Å². The van der Waals surface area contributed by atoms with E-state index in [1.165, 1.54) is 51.0 Å². The summed E-state index contributed by atoms with van der Waals surface area (Å²) >= 11 is 0. The van der Waals surface area contributed by atoms with Crippen molar-refractivity contribution in [1.29, 1.82) is 0 Å². The molecule has 0 aliphatic carbocycles. The molecule has 2 aromatic rings. The first-order valence-corrected chi connectivity index (χ1v) is 15.4. The van der Waals surface area contributed by atoms with Crippen molar-refractivity contribution in [1.82, 2.24) is 4.90 Å². The minimum absolute atomic E-state index is 0.0506. The average molecular weight is 556 g/mol. The second kappa shape index (κ2) is 18.0. The van der Waals surface area contributed by atoms with Gasteiger partial charge in [0.05, 0.1) is 13.7 Å². The normalized spacial score (nSPS) is 17.2. The number of hydrogen-bond donors (Lipinski definition) is 0. The maximum atomic E-state index is 14.0. The summed E-state index contributed by atoms with van der Waals surface area (Å²) in [4.78, 5) is 14.6. The number of carbonyl (C=O) groups excluding carboxylic acids is 1. The van der Waals surface area contributed by atoms with Crippen LogP contribution in [0.1, 0.15) is 95.1 Å². The molecule has 6 heteroatoms. The predicted octanol–water partition coefficient (Wildman–Crippen LogP) is 7.93. The fraction of sp³-hybridized carbons (Fsp3) is 0.618. The molecule has 5 nitrogen and oxygen atoms in total. The predicted molar refractivity (Wildman–Crippen MR) is 160 cm³/mol. The molecule has 0 bridgehead atoms. The zero-order valence-electron chi connectivity index (χ0n) is 25.0. The van der Waals surface area contributed by atoms with Gasteiger partial charge in [0, 0.05) is 25.4 Å². The van der Waals surface area contributed by atoms with E-state index in [0.29, 0.717) is 25.5 Å². The molecule has 0 radical (unpaired) electrons. The Balaban J connectivity index is 1.34. The number of hydrogen-bond acceptors (Lipinski definition) is 5. The van der Waals surface area contributed by atoms with Crippen LogP contribution in [0.3, 0.4) is 0 Å². The molecule has 1 heterocycles. The van der Waals surface area contributed by atoms with Crippen molar-refractivity contribution in [3.8, 4) is 11.5 Å². The minimum atomic E-state index is -0.254. The smallest absolute Gasteiger partial charge is 0.306 e. The second-order valence-corrected chi connectivity index (χ2v) is 11.3. The Morgan fingerprint density at radius 2 is 1.73 bits per heavy atom. The summed E-state index contributed by atoms with van der Waals surface area (Å²) in [5.41, 5.74) is 2.01. The average Bonchev–Trinajstić information content (AvgIpc) is 3.30. The molecule has 3 rings (SSSR count). The molecule has 2 atom stereocenters. The highest BCUT2D eigenvalue weighted by Gasteiger charge is 2.31. The van der Waals surface area contributed by atoms with Gasteiger partial charge in [-0.25, -0.2) is 4.39 Å². The second-order valence-electron chi connectivity index (χ2n) is 11.3. The SMILES string of the molecule is CCCCCCCCCCCC(=O)OC1CC(CCOc2ccc(F)cc2CCc2cccc(OC)c2)N(C)C1. The highest BCUT2D eigenvalue weighted by atomic mass is 19.1. The van der Waals surface area contributed by atoms with E-state index in [4.69, 9.17) is 14.2 Å². The van der Waals surface area contributed by atoms with Crippen LogP contribution in [0.5, 0.6) is 11.5 Å². The zero-order valence-corrected chi connectivity index (χ0v) is 25.0. The van der Waals surface area contributed by atoms with Crippen molar-refractivity contribution < 1.29 is 23.4 Å². The van der Waals surface area contributed by atoms with E-state index in [9.17, 15) is 9.18 Å². The Bertz CT molecular complexity index is 1010. The van der Waals surface area contributed by atoms with Crippen LogP contribution in [0.15, 0.2) is 42.5 Å². The molecular formula is C34H50FNO4. The van der Waals surface area contributed by atoms with Gasteiger partial charge in [0.15, 0.2) is 0 Å². The molecule has 0 amide bonds. The fourth-order valence-electron chi connectivity index (χ4n) is 5.57. The first-order valence-electron chi connectivity index (χ1n) is 15.4. The van der Waals surface area contributed by atoms with E-state index in [1.807, 2.05) is 18.2 Å². The fourth-order valence-corrected chi connectivity index (χ4v) is 5.57. The van der Waals surface area contributed by atoms with E-state index in [0.717, 1.165) is 61.3 Å². The van der Waals surface area contributed by atoms with Gasteiger partial charge in [-0.3, -0.25) is 9.69 Å². The van der Waals surface area contributed by atoms with Crippen LogP contribution in [0.25, 0.3) is 0 Å². The molecule has 1 aliphatic rings. The van der Waals surface area contributed by atoms with Crippen molar-refractivity contribution in [2.24, 2.45) is 0 Å². The molecule has 0 saturated carbocycles. The van der Waals surface area contributed by atoms with Crippen molar-refractivity contribution in [2.75, 3.05) is 27.3 Å². The Hall–Kier alpha value is -2.60. The number of benzene rings is 2. The molecule has 0 N–H and O–H groups in total. The Kier molecular flexibility index (Phi) is 14.3. The van der Waals surface area contributed by atoms with Gasteiger partial charge in [-0.15, -0.1) is 0 Å². The molecule has 1 saturated heterocycles. The zero-order chi connectivity index (χ0) is 28.6. The van der Waals surface area contributed by atoms with Crippen molar-refractivity contribution >= 4 is 5.97 Å². The number of nitrogens with zero attached hydrogens (tertiary/aromatic N) is 1. The molecule has 0 aromatic heterocycles. The molecular weight excluding hydrogens is 505 g/mol. The molecule has 1 aliphatic heterocycles. The summed E-state index contributed by atoms with van der Waals surface area (Å²) in [5.74, 6) is 1.23. The molecule has 40 heavy (non-hydrogen) atoms. The van der Waals surface area contributed by atoms with Crippen LogP contribution in [0, 0.1) is 5.82 Å². The summed E-state index contributed by atoms with van der Waals surface area (Å²) in [7, 11) is 3.74. The first kappa shape index (κ1) is 31.9. The minimum Gasteiger partial charge on any atom is -0.497 e. The van der Waals surface area contributed by atoms with Crippen molar-refractivity contribution in [3.63, 3.8) is 0 Å². The van der Waals surface area contributed by atoms with Gasteiger partial charge < -0.3 is 14.2 Å². The topological polar surface area (TPSA) is 48.0 Å². The largest absolute Gasteiger partial charge is 0.497 e. The summed E-state index contributed by atoms with van der Waals surface area (Å²) in [6, 6.07) is 13.0. The molecule has 1 fully saturated rings. The summed E-state index contributed by atoms with van der Waals surface area (Å²) < 4.78 is 31.3. The lowest BCUT2D eigenvalue weighted by Gasteiger charge is -2.19. The number of likely N-dealkylation sites (tertiary alicyclic amines) is 1. The van der Waals surface area contributed by atoms with E-state index >= 15 is 0 Å². The third kappa shape index (κ3) is 11.5. The van der Waals surface area contributed by atoms with Gasteiger partial charge in [-0.2, -0.15) is 0 Å². The number of ether oxygens (including phenoxy) is 3. The third-order valence-corrected chi connectivity index (χ3v) is 7.98. The van der Waals surface area contributed by atoms with Crippen LogP contribution >= 0.6 is 0 Å². The third-order valence-electron chi connectivity index (χ3n) is 7.98. The number of aryl methyl sites for hydroxylation is 2. The standard InChI is InChI=1S/C34H50FNO4/c1-4-5-6-7-8-9-10-11-12-16-34(37)40-32-25-30(36(2)26-32)21-22-39-33-20-19-29(35)24-28(33)18-17-27-14-13-15-31(23-27)38-3/h13-15,19-20,23-24,30,32H,4-12,16-18,21-22,25-26H2,1-3H3. The summed E-state index contributed by atoms with van der Waals surface area (Å²) in [6.45, 7) is 3.54. The van der Waals surface area contributed by atoms with Gasteiger partial charge in [-0.1, -0.05) is 70.4 Å². The van der Waals surface area contributed by atoms with Gasteiger partial charge in [0.1, 0.15) is 23.4 Å². The van der Waals surface area contributed by atoms with Crippen LogP contribution in [-0.2, 0) is 22.4 Å². The lowest BCUT2D eigenvalue weighted by Crippen LogP contribution is -2.27. The lowest BCUT2D eigenvalue weighted by molar-refractivity contribution is -0.148. The maximum absolute atomic E-state index is 14.0. The van der Waals surface area contributed by atoms with E-state index < -0.39 is 0 Å². The Labute approximate surface area is 241 Å².